The van der Waals surface area contributed by atoms with Gasteiger partial charge >= 0.3 is 0 Å². The van der Waals surface area contributed by atoms with Crippen molar-refractivity contribution in [2.45, 2.75) is 63.6 Å². The van der Waals surface area contributed by atoms with E-state index in [4.69, 9.17) is 9.47 Å². The molecule has 1 aromatic carbocycles. The third kappa shape index (κ3) is 5.29. The van der Waals surface area contributed by atoms with Crippen molar-refractivity contribution in [1.29, 1.82) is 0 Å². The van der Waals surface area contributed by atoms with Crippen molar-refractivity contribution in [3.05, 3.63) is 35.9 Å². The topological polar surface area (TPSA) is 38.8 Å². The van der Waals surface area contributed by atoms with Crippen molar-refractivity contribution in [3.63, 3.8) is 0 Å². The van der Waals surface area contributed by atoms with Crippen LogP contribution in [0, 0.1) is 0 Å². The van der Waals surface area contributed by atoms with Crippen molar-refractivity contribution in [2.24, 2.45) is 0 Å². The number of hydrogen-bond donors (Lipinski definition) is 0. The SMILES string of the molecule is CC[C@H](CC(=O)N1CCC(OC2CCOCC2)CC1)c1ccccc1. The molecule has 2 aliphatic rings. The van der Waals surface area contributed by atoms with Gasteiger partial charge in [-0.05, 0) is 43.6 Å². The van der Waals surface area contributed by atoms with Crippen LogP contribution in [-0.2, 0) is 14.3 Å². The van der Waals surface area contributed by atoms with Crippen LogP contribution >= 0.6 is 0 Å². The quantitative estimate of drug-likeness (QED) is 0.788. The first kappa shape index (κ1) is 18.4. The summed E-state index contributed by atoms with van der Waals surface area (Å²) < 4.78 is 11.6. The number of hydrogen-bond acceptors (Lipinski definition) is 3. The highest BCUT2D eigenvalue weighted by atomic mass is 16.5. The lowest BCUT2D eigenvalue weighted by molar-refractivity contribution is -0.136. The lowest BCUT2D eigenvalue weighted by atomic mass is 9.92. The smallest absolute Gasteiger partial charge is 0.223 e. The van der Waals surface area contributed by atoms with Crippen LogP contribution in [0.5, 0.6) is 0 Å². The second kappa shape index (κ2) is 9.35. The largest absolute Gasteiger partial charge is 0.381 e. The van der Waals surface area contributed by atoms with E-state index in [1.165, 1.54) is 5.56 Å². The molecule has 0 saturated carbocycles. The molecule has 0 aliphatic carbocycles. The number of carbonyl (C=O) groups excluding carboxylic acids is 1. The third-order valence-electron chi connectivity index (χ3n) is 5.53. The van der Waals surface area contributed by atoms with Crippen molar-refractivity contribution in [1.82, 2.24) is 4.90 Å². The number of benzene rings is 1. The van der Waals surface area contributed by atoms with Gasteiger partial charge < -0.3 is 14.4 Å². The van der Waals surface area contributed by atoms with E-state index in [-0.39, 0.29) is 0 Å². The van der Waals surface area contributed by atoms with Gasteiger partial charge in [-0.25, -0.2) is 0 Å². The van der Waals surface area contributed by atoms with Gasteiger partial charge in [0.15, 0.2) is 0 Å². The lowest BCUT2D eigenvalue weighted by Gasteiger charge is -2.35. The van der Waals surface area contributed by atoms with E-state index >= 15 is 0 Å². The zero-order chi connectivity index (χ0) is 17.5. The number of piperidine rings is 1. The molecule has 2 saturated heterocycles. The molecule has 25 heavy (non-hydrogen) atoms. The van der Waals surface area contributed by atoms with Gasteiger partial charge in [-0.15, -0.1) is 0 Å². The Labute approximate surface area is 151 Å². The van der Waals surface area contributed by atoms with Crippen LogP contribution in [-0.4, -0.2) is 49.3 Å². The van der Waals surface area contributed by atoms with Crippen molar-refractivity contribution in [2.75, 3.05) is 26.3 Å². The highest BCUT2D eigenvalue weighted by Gasteiger charge is 2.27. The molecule has 2 fully saturated rings. The molecule has 0 aromatic heterocycles. The maximum Gasteiger partial charge on any atom is 0.223 e. The molecule has 3 rings (SSSR count). The number of likely N-dealkylation sites (tertiary alicyclic amines) is 1. The van der Waals surface area contributed by atoms with E-state index in [2.05, 4.69) is 31.2 Å². The maximum absolute atomic E-state index is 12.7. The Morgan fingerprint density at radius 3 is 2.40 bits per heavy atom. The zero-order valence-corrected chi connectivity index (χ0v) is 15.4. The minimum Gasteiger partial charge on any atom is -0.381 e. The summed E-state index contributed by atoms with van der Waals surface area (Å²) in [4.78, 5) is 14.7. The average Bonchev–Trinajstić information content (AvgIpc) is 2.68. The molecular weight excluding hydrogens is 314 g/mol. The van der Waals surface area contributed by atoms with Gasteiger partial charge in [-0.1, -0.05) is 37.3 Å². The molecule has 1 amide bonds. The number of amides is 1. The van der Waals surface area contributed by atoms with Crippen LogP contribution in [0.15, 0.2) is 30.3 Å². The van der Waals surface area contributed by atoms with Crippen LogP contribution in [0.3, 0.4) is 0 Å². The van der Waals surface area contributed by atoms with Crippen molar-refractivity contribution in [3.8, 4) is 0 Å². The number of ether oxygens (including phenoxy) is 2. The van der Waals surface area contributed by atoms with Crippen molar-refractivity contribution >= 4 is 5.91 Å². The molecule has 138 valence electrons. The highest BCUT2D eigenvalue weighted by Crippen LogP contribution is 2.26. The summed E-state index contributed by atoms with van der Waals surface area (Å²) in [5.74, 6) is 0.616. The first-order valence-corrected chi connectivity index (χ1v) is 9.82. The zero-order valence-electron chi connectivity index (χ0n) is 15.4. The molecule has 2 aliphatic heterocycles. The van der Waals surface area contributed by atoms with E-state index in [9.17, 15) is 4.79 Å². The Kier molecular flexibility index (Phi) is 6.88. The summed E-state index contributed by atoms with van der Waals surface area (Å²) in [5.41, 5.74) is 1.27. The molecule has 0 unspecified atom stereocenters. The molecule has 0 N–H and O–H groups in total. The van der Waals surface area contributed by atoms with E-state index in [0.29, 0.717) is 30.5 Å². The normalized spacial score (nSPS) is 21.2. The molecule has 0 spiro atoms. The molecule has 4 nitrogen and oxygen atoms in total. The number of nitrogens with zero attached hydrogens (tertiary/aromatic N) is 1. The Morgan fingerprint density at radius 2 is 1.76 bits per heavy atom. The second-order valence-corrected chi connectivity index (χ2v) is 7.25. The fourth-order valence-electron chi connectivity index (χ4n) is 3.89. The van der Waals surface area contributed by atoms with Gasteiger partial charge in [0.05, 0.1) is 12.2 Å². The minimum absolute atomic E-state index is 0.292. The summed E-state index contributed by atoms with van der Waals surface area (Å²) in [6.07, 6.45) is 6.22. The summed E-state index contributed by atoms with van der Waals surface area (Å²) >= 11 is 0. The molecule has 4 heteroatoms. The predicted octanol–water partition coefficient (Wildman–Crippen LogP) is 3.76. The second-order valence-electron chi connectivity index (χ2n) is 7.25. The monoisotopic (exact) mass is 345 g/mol. The minimum atomic E-state index is 0.292. The van der Waals surface area contributed by atoms with Gasteiger partial charge in [0, 0.05) is 32.7 Å². The van der Waals surface area contributed by atoms with Gasteiger partial charge in [0.25, 0.3) is 0 Å². The van der Waals surface area contributed by atoms with Crippen LogP contribution in [0.1, 0.15) is 56.9 Å². The summed E-state index contributed by atoms with van der Waals surface area (Å²) in [6.45, 7) is 5.47. The Balaban J connectivity index is 1.44. The number of carbonyl (C=O) groups is 1. The molecule has 0 radical (unpaired) electrons. The van der Waals surface area contributed by atoms with Gasteiger partial charge in [0.1, 0.15) is 0 Å². The molecule has 2 heterocycles. The third-order valence-corrected chi connectivity index (χ3v) is 5.53. The first-order valence-electron chi connectivity index (χ1n) is 9.82. The predicted molar refractivity (Wildman–Crippen MR) is 98.6 cm³/mol. The Hall–Kier alpha value is -1.39. The van der Waals surface area contributed by atoms with Crippen LogP contribution in [0.4, 0.5) is 0 Å². The van der Waals surface area contributed by atoms with Crippen LogP contribution in [0.25, 0.3) is 0 Å². The Morgan fingerprint density at radius 1 is 1.12 bits per heavy atom. The average molecular weight is 345 g/mol. The van der Waals surface area contributed by atoms with E-state index in [0.717, 1.165) is 58.4 Å². The molecule has 1 atom stereocenters. The first-order chi connectivity index (χ1) is 12.3. The van der Waals surface area contributed by atoms with Gasteiger partial charge in [-0.3, -0.25) is 4.79 Å². The summed E-state index contributed by atoms with van der Waals surface area (Å²) in [5, 5.41) is 0. The summed E-state index contributed by atoms with van der Waals surface area (Å²) in [7, 11) is 0. The number of rotatable bonds is 6. The van der Waals surface area contributed by atoms with Crippen LogP contribution < -0.4 is 0 Å². The summed E-state index contributed by atoms with van der Waals surface area (Å²) in [6, 6.07) is 10.4. The standard InChI is InChI=1S/C21H31NO3/c1-2-17(18-6-4-3-5-7-18)16-21(23)22-12-8-19(9-13-22)25-20-10-14-24-15-11-20/h3-7,17,19-20H,2,8-16H2,1H3/t17-/m1/s1. The van der Waals surface area contributed by atoms with Crippen molar-refractivity contribution < 1.29 is 14.3 Å². The Bertz CT molecular complexity index is 519. The molecule has 1 aromatic rings. The lowest BCUT2D eigenvalue weighted by Crippen LogP contribution is -2.42. The van der Waals surface area contributed by atoms with Gasteiger partial charge in [-0.2, -0.15) is 0 Å². The van der Waals surface area contributed by atoms with Crippen LogP contribution in [0.2, 0.25) is 0 Å². The van der Waals surface area contributed by atoms with E-state index in [1.54, 1.807) is 0 Å². The molecule has 0 bridgehead atoms. The van der Waals surface area contributed by atoms with E-state index < -0.39 is 0 Å². The molecular formula is C21H31NO3. The highest BCUT2D eigenvalue weighted by molar-refractivity contribution is 5.77. The fraction of sp³-hybridized carbons (Fsp3) is 0.667. The van der Waals surface area contributed by atoms with E-state index in [1.807, 2.05) is 11.0 Å². The fourth-order valence-corrected chi connectivity index (χ4v) is 3.89. The maximum atomic E-state index is 12.7. The van der Waals surface area contributed by atoms with Gasteiger partial charge in [0.2, 0.25) is 5.91 Å².